The van der Waals surface area contributed by atoms with Crippen LogP contribution < -0.4 is 5.32 Å². The Morgan fingerprint density at radius 1 is 1.29 bits per heavy atom. The van der Waals surface area contributed by atoms with Crippen LogP contribution in [-0.4, -0.2) is 36.9 Å². The van der Waals surface area contributed by atoms with E-state index < -0.39 is 5.41 Å². The first kappa shape index (κ1) is 12.9. The van der Waals surface area contributed by atoms with Crippen molar-refractivity contribution in [1.29, 1.82) is 0 Å². The van der Waals surface area contributed by atoms with Gasteiger partial charge in [0.15, 0.2) is 0 Å². The molecule has 0 aromatic heterocycles. The van der Waals surface area contributed by atoms with Gasteiger partial charge in [-0.2, -0.15) is 0 Å². The second kappa shape index (κ2) is 4.98. The van der Waals surface area contributed by atoms with Crippen LogP contribution in [0, 0.1) is 5.41 Å². The SMILES string of the molecule is CCNC(=O)CN(C)C(=O)C(C)(C)C. The number of hydrogen-bond donors (Lipinski definition) is 1. The molecule has 82 valence electrons. The molecule has 0 saturated carbocycles. The van der Waals surface area contributed by atoms with Gasteiger partial charge in [-0.1, -0.05) is 20.8 Å². The lowest BCUT2D eigenvalue weighted by molar-refractivity contribution is -0.141. The Bertz CT molecular complexity index is 219. The van der Waals surface area contributed by atoms with E-state index in [1.807, 2.05) is 27.7 Å². The highest BCUT2D eigenvalue weighted by molar-refractivity contribution is 5.87. The molecular weight excluding hydrogens is 180 g/mol. The Kier molecular flexibility index (Phi) is 4.60. The summed E-state index contributed by atoms with van der Waals surface area (Å²) in [4.78, 5) is 24.3. The maximum atomic E-state index is 11.7. The van der Waals surface area contributed by atoms with Gasteiger partial charge in [0.05, 0.1) is 6.54 Å². The molecule has 14 heavy (non-hydrogen) atoms. The molecule has 0 fully saturated rings. The molecule has 4 nitrogen and oxygen atoms in total. The van der Waals surface area contributed by atoms with Crippen LogP contribution in [0.15, 0.2) is 0 Å². The molecule has 0 saturated heterocycles. The van der Waals surface area contributed by atoms with Crippen molar-refractivity contribution in [3.8, 4) is 0 Å². The van der Waals surface area contributed by atoms with Crippen molar-refractivity contribution in [3.05, 3.63) is 0 Å². The van der Waals surface area contributed by atoms with Gasteiger partial charge < -0.3 is 10.2 Å². The Labute approximate surface area is 85.7 Å². The number of amides is 2. The highest BCUT2D eigenvalue weighted by Gasteiger charge is 2.25. The third kappa shape index (κ3) is 4.25. The zero-order valence-corrected chi connectivity index (χ0v) is 9.68. The standard InChI is InChI=1S/C10H20N2O2/c1-6-11-8(13)7-12(5)9(14)10(2,3)4/h6-7H2,1-5H3,(H,11,13). The minimum absolute atomic E-state index is 0.0243. The number of likely N-dealkylation sites (N-methyl/N-ethyl adjacent to an activating group) is 2. The molecule has 0 aliphatic heterocycles. The van der Waals surface area contributed by atoms with Crippen LogP contribution in [0.5, 0.6) is 0 Å². The van der Waals surface area contributed by atoms with Crippen molar-refractivity contribution < 1.29 is 9.59 Å². The molecule has 0 aromatic rings. The molecule has 1 N–H and O–H groups in total. The Hall–Kier alpha value is -1.06. The highest BCUT2D eigenvalue weighted by Crippen LogP contribution is 2.15. The molecule has 0 rings (SSSR count). The van der Waals surface area contributed by atoms with E-state index in [9.17, 15) is 9.59 Å². The molecule has 0 aromatic carbocycles. The van der Waals surface area contributed by atoms with Crippen LogP contribution in [-0.2, 0) is 9.59 Å². The summed E-state index contributed by atoms with van der Waals surface area (Å²) in [5, 5.41) is 2.65. The van der Waals surface area contributed by atoms with E-state index in [2.05, 4.69) is 5.32 Å². The van der Waals surface area contributed by atoms with E-state index in [0.29, 0.717) is 6.54 Å². The van der Waals surface area contributed by atoms with Crippen LogP contribution in [0.25, 0.3) is 0 Å². The van der Waals surface area contributed by atoms with Gasteiger partial charge in [0.1, 0.15) is 0 Å². The highest BCUT2D eigenvalue weighted by atomic mass is 16.2. The van der Waals surface area contributed by atoms with Gasteiger partial charge in [-0.25, -0.2) is 0 Å². The minimum atomic E-state index is -0.429. The van der Waals surface area contributed by atoms with Crippen molar-refractivity contribution >= 4 is 11.8 Å². The summed E-state index contributed by atoms with van der Waals surface area (Å²) in [6.45, 7) is 8.08. The lowest BCUT2D eigenvalue weighted by Crippen LogP contribution is -2.42. The minimum Gasteiger partial charge on any atom is -0.355 e. The molecule has 2 amide bonds. The molecule has 0 atom stereocenters. The molecule has 0 aliphatic carbocycles. The Morgan fingerprint density at radius 3 is 2.14 bits per heavy atom. The lowest BCUT2D eigenvalue weighted by Gasteiger charge is -2.25. The van der Waals surface area contributed by atoms with Gasteiger partial charge in [-0.05, 0) is 6.92 Å². The summed E-state index contributed by atoms with van der Waals surface area (Å²) < 4.78 is 0. The average Bonchev–Trinajstić information content (AvgIpc) is 2.01. The van der Waals surface area contributed by atoms with E-state index >= 15 is 0 Å². The Balaban J connectivity index is 4.15. The van der Waals surface area contributed by atoms with E-state index in [-0.39, 0.29) is 18.4 Å². The summed E-state index contributed by atoms with van der Waals surface area (Å²) in [5.41, 5.74) is -0.429. The maximum absolute atomic E-state index is 11.7. The van der Waals surface area contributed by atoms with Crippen molar-refractivity contribution in [2.45, 2.75) is 27.7 Å². The number of hydrogen-bond acceptors (Lipinski definition) is 2. The molecular formula is C10H20N2O2. The second-order valence-electron chi connectivity index (χ2n) is 4.36. The largest absolute Gasteiger partial charge is 0.355 e. The second-order valence-corrected chi connectivity index (χ2v) is 4.36. The summed E-state index contributed by atoms with van der Waals surface area (Å²) in [5.74, 6) is -0.142. The molecule has 0 radical (unpaired) electrons. The monoisotopic (exact) mass is 200 g/mol. The number of carbonyl (C=O) groups excluding carboxylic acids is 2. The van der Waals surface area contributed by atoms with Crippen LogP contribution in [0.4, 0.5) is 0 Å². The van der Waals surface area contributed by atoms with E-state index in [0.717, 1.165) is 0 Å². The first-order valence-corrected chi connectivity index (χ1v) is 4.81. The van der Waals surface area contributed by atoms with E-state index in [4.69, 9.17) is 0 Å². The third-order valence-corrected chi connectivity index (χ3v) is 1.74. The maximum Gasteiger partial charge on any atom is 0.239 e. The van der Waals surface area contributed by atoms with Gasteiger partial charge in [0.25, 0.3) is 0 Å². The summed E-state index contributed by atoms with van der Waals surface area (Å²) in [7, 11) is 1.64. The fraction of sp³-hybridized carbons (Fsp3) is 0.800. The van der Waals surface area contributed by atoms with Gasteiger partial charge in [-0.3, -0.25) is 9.59 Å². The zero-order chi connectivity index (χ0) is 11.4. The topological polar surface area (TPSA) is 49.4 Å². The Morgan fingerprint density at radius 2 is 1.79 bits per heavy atom. The zero-order valence-electron chi connectivity index (χ0n) is 9.68. The molecule has 0 heterocycles. The summed E-state index contributed by atoms with van der Waals surface area (Å²) in [6, 6.07) is 0. The number of carbonyl (C=O) groups is 2. The van der Waals surface area contributed by atoms with Crippen LogP contribution in [0.3, 0.4) is 0 Å². The van der Waals surface area contributed by atoms with Crippen molar-refractivity contribution in [1.82, 2.24) is 10.2 Å². The quantitative estimate of drug-likeness (QED) is 0.726. The first-order chi connectivity index (χ1) is 6.29. The number of nitrogens with zero attached hydrogens (tertiary/aromatic N) is 1. The van der Waals surface area contributed by atoms with Crippen LogP contribution in [0.1, 0.15) is 27.7 Å². The first-order valence-electron chi connectivity index (χ1n) is 4.81. The number of rotatable bonds is 3. The predicted octanol–water partition coefficient (Wildman–Crippen LogP) is 0.627. The van der Waals surface area contributed by atoms with Gasteiger partial charge in [0, 0.05) is 19.0 Å². The molecule has 0 unspecified atom stereocenters. The third-order valence-electron chi connectivity index (χ3n) is 1.74. The summed E-state index contributed by atoms with van der Waals surface area (Å²) in [6.07, 6.45) is 0. The van der Waals surface area contributed by atoms with Gasteiger partial charge in [-0.15, -0.1) is 0 Å². The van der Waals surface area contributed by atoms with Crippen molar-refractivity contribution in [2.24, 2.45) is 5.41 Å². The smallest absolute Gasteiger partial charge is 0.239 e. The lowest BCUT2D eigenvalue weighted by atomic mass is 9.95. The fourth-order valence-electron chi connectivity index (χ4n) is 1.11. The van der Waals surface area contributed by atoms with Crippen molar-refractivity contribution in [2.75, 3.05) is 20.1 Å². The molecule has 0 bridgehead atoms. The van der Waals surface area contributed by atoms with Gasteiger partial charge >= 0.3 is 0 Å². The average molecular weight is 200 g/mol. The molecule has 0 aliphatic rings. The van der Waals surface area contributed by atoms with Crippen LogP contribution in [0.2, 0.25) is 0 Å². The van der Waals surface area contributed by atoms with E-state index in [1.165, 1.54) is 4.90 Å². The molecule has 4 heteroatoms. The van der Waals surface area contributed by atoms with Crippen molar-refractivity contribution in [3.63, 3.8) is 0 Å². The van der Waals surface area contributed by atoms with Crippen LogP contribution >= 0.6 is 0 Å². The molecule has 0 spiro atoms. The normalized spacial score (nSPS) is 10.9. The van der Waals surface area contributed by atoms with E-state index in [1.54, 1.807) is 7.05 Å². The fourth-order valence-corrected chi connectivity index (χ4v) is 1.11. The number of nitrogens with one attached hydrogen (secondary N) is 1. The van der Waals surface area contributed by atoms with Gasteiger partial charge in [0.2, 0.25) is 11.8 Å². The summed E-state index contributed by atoms with van der Waals surface area (Å²) >= 11 is 0. The predicted molar refractivity (Wildman–Crippen MR) is 55.8 cm³/mol.